The summed E-state index contributed by atoms with van der Waals surface area (Å²) < 4.78 is 37.1. The van der Waals surface area contributed by atoms with Gasteiger partial charge >= 0.3 is 0 Å². The first-order chi connectivity index (χ1) is 13.0. The Morgan fingerprint density at radius 3 is 2.37 bits per heavy atom. The fourth-order valence-electron chi connectivity index (χ4n) is 3.64. The van der Waals surface area contributed by atoms with Crippen LogP contribution in [0, 0.1) is 0 Å². The molecular formula is C21H27NO4S. The van der Waals surface area contributed by atoms with Gasteiger partial charge in [0.25, 0.3) is 0 Å². The fourth-order valence-corrected chi connectivity index (χ4v) is 5.43. The summed E-state index contributed by atoms with van der Waals surface area (Å²) in [6, 6.07) is 13.0. The predicted octanol–water partition coefficient (Wildman–Crippen LogP) is 3.73. The lowest BCUT2D eigenvalue weighted by Gasteiger charge is -2.24. The van der Waals surface area contributed by atoms with E-state index in [1.165, 1.54) is 7.11 Å². The van der Waals surface area contributed by atoms with Crippen LogP contribution < -0.4 is 14.8 Å². The van der Waals surface area contributed by atoms with Crippen molar-refractivity contribution >= 4 is 9.84 Å². The number of nitrogens with one attached hydrogen (secondary N) is 1. The van der Waals surface area contributed by atoms with Crippen molar-refractivity contribution in [3.05, 3.63) is 53.6 Å². The Morgan fingerprint density at radius 1 is 1.07 bits per heavy atom. The molecule has 6 heteroatoms. The summed E-state index contributed by atoms with van der Waals surface area (Å²) in [5.74, 6) is 1.04. The summed E-state index contributed by atoms with van der Waals surface area (Å²) in [5.41, 5.74) is 1.74. The number of benzene rings is 2. The second-order valence-corrected chi connectivity index (χ2v) is 8.88. The van der Waals surface area contributed by atoms with Crippen LogP contribution >= 0.6 is 0 Å². The van der Waals surface area contributed by atoms with Gasteiger partial charge < -0.3 is 14.8 Å². The lowest BCUT2D eigenvalue weighted by Crippen LogP contribution is -2.35. The molecule has 0 radical (unpaired) electrons. The molecular weight excluding hydrogens is 362 g/mol. The molecule has 3 rings (SSSR count). The first-order valence-electron chi connectivity index (χ1n) is 9.29. The lowest BCUT2D eigenvalue weighted by atomic mass is 9.96. The second kappa shape index (κ2) is 8.31. The molecule has 0 spiro atoms. The molecule has 0 bridgehead atoms. The zero-order chi connectivity index (χ0) is 19.4. The third-order valence-corrected chi connectivity index (χ3v) is 6.89. The zero-order valence-corrected chi connectivity index (χ0v) is 16.9. The van der Waals surface area contributed by atoms with E-state index in [0.717, 1.165) is 24.8 Å². The van der Waals surface area contributed by atoms with Crippen LogP contribution in [0.25, 0.3) is 0 Å². The molecule has 0 saturated heterocycles. The van der Waals surface area contributed by atoms with E-state index in [1.54, 1.807) is 19.2 Å². The SMILES string of the molecule is CCCC[C@@H]1CS(=O)(=O)c2cc(OC)c(OC)cc2[C@@H](c2ccccc2)N1. The largest absolute Gasteiger partial charge is 0.493 e. The summed E-state index contributed by atoms with van der Waals surface area (Å²) in [5, 5.41) is 3.59. The number of sulfone groups is 1. The van der Waals surface area contributed by atoms with E-state index in [4.69, 9.17) is 9.47 Å². The van der Waals surface area contributed by atoms with Gasteiger partial charge in [0.2, 0.25) is 0 Å². The van der Waals surface area contributed by atoms with Gasteiger partial charge in [-0.05, 0) is 23.6 Å². The monoisotopic (exact) mass is 389 g/mol. The molecule has 0 saturated carbocycles. The molecule has 1 N–H and O–H groups in total. The van der Waals surface area contributed by atoms with Crippen LogP contribution in [-0.4, -0.2) is 34.4 Å². The van der Waals surface area contributed by atoms with E-state index < -0.39 is 9.84 Å². The Morgan fingerprint density at radius 2 is 1.74 bits per heavy atom. The number of rotatable bonds is 6. The Balaban J connectivity index is 2.19. The van der Waals surface area contributed by atoms with Crippen LogP contribution in [-0.2, 0) is 9.84 Å². The van der Waals surface area contributed by atoms with Gasteiger partial charge in [0.05, 0.1) is 30.9 Å². The molecule has 0 amide bonds. The van der Waals surface area contributed by atoms with Crippen LogP contribution in [0.15, 0.2) is 47.4 Å². The smallest absolute Gasteiger partial charge is 0.180 e. The first-order valence-corrected chi connectivity index (χ1v) is 10.9. The van der Waals surface area contributed by atoms with Gasteiger partial charge in [-0.3, -0.25) is 0 Å². The molecule has 2 aromatic rings. The number of unbranched alkanes of at least 4 members (excludes halogenated alkanes) is 1. The molecule has 2 aromatic carbocycles. The third kappa shape index (κ3) is 4.12. The van der Waals surface area contributed by atoms with E-state index in [0.29, 0.717) is 22.0 Å². The molecule has 27 heavy (non-hydrogen) atoms. The maximum absolute atomic E-state index is 13.2. The predicted molar refractivity (Wildman–Crippen MR) is 106 cm³/mol. The number of hydrogen-bond donors (Lipinski definition) is 1. The third-order valence-electron chi connectivity index (χ3n) is 5.02. The maximum atomic E-state index is 13.2. The van der Waals surface area contributed by atoms with Crippen LogP contribution in [0.4, 0.5) is 0 Å². The summed E-state index contributed by atoms with van der Waals surface area (Å²) in [7, 11) is -0.376. The topological polar surface area (TPSA) is 64.6 Å². The molecule has 5 nitrogen and oxygen atoms in total. The molecule has 0 aromatic heterocycles. The van der Waals surface area contributed by atoms with Crippen molar-refractivity contribution in [1.29, 1.82) is 0 Å². The maximum Gasteiger partial charge on any atom is 0.180 e. The van der Waals surface area contributed by atoms with E-state index in [9.17, 15) is 8.42 Å². The Bertz CT molecular complexity index is 881. The number of ether oxygens (including phenoxy) is 2. The van der Waals surface area contributed by atoms with Gasteiger partial charge in [-0.2, -0.15) is 0 Å². The van der Waals surface area contributed by atoms with Gasteiger partial charge in [0, 0.05) is 12.1 Å². The summed E-state index contributed by atoms with van der Waals surface area (Å²) in [6.45, 7) is 2.12. The molecule has 0 aliphatic carbocycles. The van der Waals surface area contributed by atoms with Crippen LogP contribution in [0.3, 0.4) is 0 Å². The molecule has 1 aliphatic rings. The average molecular weight is 390 g/mol. The highest BCUT2D eigenvalue weighted by atomic mass is 32.2. The van der Waals surface area contributed by atoms with E-state index >= 15 is 0 Å². The lowest BCUT2D eigenvalue weighted by molar-refractivity contribution is 0.352. The molecule has 2 atom stereocenters. The fraction of sp³-hybridized carbons (Fsp3) is 0.429. The number of fused-ring (bicyclic) bond motifs is 1. The van der Waals surface area contributed by atoms with E-state index in [1.807, 2.05) is 30.3 Å². The van der Waals surface area contributed by atoms with Gasteiger partial charge in [-0.15, -0.1) is 0 Å². The van der Waals surface area contributed by atoms with Crippen molar-refractivity contribution in [2.24, 2.45) is 0 Å². The molecule has 0 fully saturated rings. The second-order valence-electron chi connectivity index (χ2n) is 6.88. The molecule has 0 unspecified atom stereocenters. The highest BCUT2D eigenvalue weighted by Crippen LogP contribution is 2.40. The van der Waals surface area contributed by atoms with Crippen molar-refractivity contribution in [3.8, 4) is 11.5 Å². The van der Waals surface area contributed by atoms with Crippen molar-refractivity contribution in [2.45, 2.75) is 43.2 Å². The van der Waals surface area contributed by atoms with Crippen LogP contribution in [0.1, 0.15) is 43.4 Å². The Kier molecular flexibility index (Phi) is 6.07. The Hall–Kier alpha value is -2.05. The summed E-state index contributed by atoms with van der Waals surface area (Å²) in [4.78, 5) is 0.320. The molecule has 146 valence electrons. The zero-order valence-electron chi connectivity index (χ0n) is 16.1. The highest BCUT2D eigenvalue weighted by Gasteiger charge is 2.34. The normalized spacial score (nSPS) is 21.1. The number of hydrogen-bond acceptors (Lipinski definition) is 5. The molecule has 1 heterocycles. The van der Waals surface area contributed by atoms with Gasteiger partial charge in [0.1, 0.15) is 0 Å². The minimum absolute atomic E-state index is 0.0822. The van der Waals surface area contributed by atoms with Gasteiger partial charge in [0.15, 0.2) is 21.3 Å². The Labute approximate surface area is 161 Å². The quantitative estimate of drug-likeness (QED) is 0.816. The molecule has 1 aliphatic heterocycles. The first kappa shape index (κ1) is 19.7. The van der Waals surface area contributed by atoms with Crippen LogP contribution in [0.2, 0.25) is 0 Å². The van der Waals surface area contributed by atoms with Gasteiger partial charge in [-0.25, -0.2) is 8.42 Å². The van der Waals surface area contributed by atoms with Crippen LogP contribution in [0.5, 0.6) is 11.5 Å². The van der Waals surface area contributed by atoms with Crippen molar-refractivity contribution in [2.75, 3.05) is 20.0 Å². The highest BCUT2D eigenvalue weighted by molar-refractivity contribution is 7.91. The summed E-state index contributed by atoms with van der Waals surface area (Å²) in [6.07, 6.45) is 2.84. The standard InChI is InChI=1S/C21H27NO4S/c1-4-5-11-16-14-27(23,24)20-13-19(26-3)18(25-2)12-17(20)21(22-16)15-9-7-6-8-10-15/h6-10,12-13,16,21-22H,4-5,11,14H2,1-3H3/t16-,21-/m1/s1. The van der Waals surface area contributed by atoms with Crippen molar-refractivity contribution in [1.82, 2.24) is 5.32 Å². The van der Waals surface area contributed by atoms with Gasteiger partial charge in [-0.1, -0.05) is 50.1 Å². The van der Waals surface area contributed by atoms with Crippen molar-refractivity contribution in [3.63, 3.8) is 0 Å². The minimum atomic E-state index is -3.45. The van der Waals surface area contributed by atoms with Crippen molar-refractivity contribution < 1.29 is 17.9 Å². The minimum Gasteiger partial charge on any atom is -0.493 e. The summed E-state index contributed by atoms with van der Waals surface area (Å²) >= 11 is 0. The average Bonchev–Trinajstić information content (AvgIpc) is 2.79. The van der Waals surface area contributed by atoms with E-state index in [2.05, 4.69) is 12.2 Å². The van der Waals surface area contributed by atoms with E-state index in [-0.39, 0.29) is 17.8 Å². The number of methoxy groups -OCH3 is 2.